The Morgan fingerprint density at radius 3 is 3.00 bits per heavy atom. The van der Waals surface area contributed by atoms with Gasteiger partial charge in [0, 0.05) is 19.7 Å². The lowest BCUT2D eigenvalue weighted by atomic mass is 10.2. The van der Waals surface area contributed by atoms with E-state index in [1.807, 2.05) is 29.8 Å². The number of fused-ring (bicyclic) bond motifs is 1. The Kier molecular flexibility index (Phi) is 1.96. The molecular formula is C10H11N3O. The summed E-state index contributed by atoms with van der Waals surface area (Å²) in [7, 11) is 1.92. The third kappa shape index (κ3) is 1.46. The second-order valence-electron chi connectivity index (χ2n) is 3.24. The van der Waals surface area contributed by atoms with E-state index in [1.54, 1.807) is 6.33 Å². The van der Waals surface area contributed by atoms with Gasteiger partial charge in [-0.2, -0.15) is 0 Å². The predicted octanol–water partition coefficient (Wildman–Crippen LogP) is 1.53. The standard InChI is InChI=1S/C10H11N3O/c1-7(14)12-8-3-4-9-10(5-8)13(2)6-11-9/h3-6H,1-2H3,(H,12,14). The quantitative estimate of drug-likeness (QED) is 0.739. The van der Waals surface area contributed by atoms with Crippen molar-refractivity contribution in [1.82, 2.24) is 9.55 Å². The highest BCUT2D eigenvalue weighted by Gasteiger charge is 2.01. The average molecular weight is 189 g/mol. The summed E-state index contributed by atoms with van der Waals surface area (Å²) in [6, 6.07) is 5.64. The van der Waals surface area contributed by atoms with E-state index in [-0.39, 0.29) is 5.91 Å². The number of hydrogen-bond acceptors (Lipinski definition) is 2. The Labute approximate surface area is 81.6 Å². The zero-order chi connectivity index (χ0) is 10.1. The number of anilines is 1. The van der Waals surface area contributed by atoms with E-state index in [4.69, 9.17) is 0 Å². The Hall–Kier alpha value is -1.84. The van der Waals surface area contributed by atoms with Gasteiger partial charge in [0.1, 0.15) is 0 Å². The van der Waals surface area contributed by atoms with Gasteiger partial charge in [-0.1, -0.05) is 0 Å². The number of nitrogens with zero attached hydrogens (tertiary/aromatic N) is 2. The Morgan fingerprint density at radius 2 is 2.29 bits per heavy atom. The molecule has 0 bridgehead atoms. The number of aromatic nitrogens is 2. The van der Waals surface area contributed by atoms with Gasteiger partial charge < -0.3 is 9.88 Å². The van der Waals surface area contributed by atoms with Gasteiger partial charge in [0.05, 0.1) is 17.4 Å². The summed E-state index contributed by atoms with van der Waals surface area (Å²) in [6.07, 6.45) is 1.75. The van der Waals surface area contributed by atoms with E-state index >= 15 is 0 Å². The van der Waals surface area contributed by atoms with Crippen LogP contribution in [-0.4, -0.2) is 15.5 Å². The van der Waals surface area contributed by atoms with Gasteiger partial charge in [-0.15, -0.1) is 0 Å². The van der Waals surface area contributed by atoms with Crippen molar-refractivity contribution in [1.29, 1.82) is 0 Å². The number of amides is 1. The molecule has 0 radical (unpaired) electrons. The number of aryl methyl sites for hydroxylation is 1. The molecule has 2 rings (SSSR count). The van der Waals surface area contributed by atoms with Crippen LogP contribution in [0.1, 0.15) is 6.92 Å². The van der Waals surface area contributed by atoms with Gasteiger partial charge in [0.25, 0.3) is 0 Å². The summed E-state index contributed by atoms with van der Waals surface area (Å²) >= 11 is 0. The molecule has 0 saturated carbocycles. The molecule has 0 aliphatic carbocycles. The summed E-state index contributed by atoms with van der Waals surface area (Å²) < 4.78 is 1.92. The number of benzene rings is 1. The molecule has 72 valence electrons. The minimum absolute atomic E-state index is 0.0634. The van der Waals surface area contributed by atoms with Crippen LogP contribution in [0.3, 0.4) is 0 Å². The molecular weight excluding hydrogens is 178 g/mol. The van der Waals surface area contributed by atoms with Crippen LogP contribution in [0.15, 0.2) is 24.5 Å². The normalized spacial score (nSPS) is 10.4. The van der Waals surface area contributed by atoms with Gasteiger partial charge in [-0.05, 0) is 18.2 Å². The van der Waals surface area contributed by atoms with Crippen molar-refractivity contribution >= 4 is 22.6 Å². The highest BCUT2D eigenvalue weighted by Crippen LogP contribution is 2.17. The molecule has 4 heteroatoms. The monoisotopic (exact) mass is 189 g/mol. The Bertz CT molecular complexity index is 487. The van der Waals surface area contributed by atoms with Crippen molar-refractivity contribution < 1.29 is 4.79 Å². The number of rotatable bonds is 1. The molecule has 1 aromatic carbocycles. The summed E-state index contributed by atoms with van der Waals surface area (Å²) in [6.45, 7) is 1.49. The van der Waals surface area contributed by atoms with Crippen molar-refractivity contribution in [3.63, 3.8) is 0 Å². The first-order chi connectivity index (χ1) is 6.66. The largest absolute Gasteiger partial charge is 0.334 e. The van der Waals surface area contributed by atoms with E-state index in [0.29, 0.717) is 0 Å². The van der Waals surface area contributed by atoms with E-state index in [0.717, 1.165) is 16.7 Å². The summed E-state index contributed by atoms with van der Waals surface area (Å²) in [5.41, 5.74) is 2.74. The zero-order valence-corrected chi connectivity index (χ0v) is 8.11. The Morgan fingerprint density at radius 1 is 1.50 bits per heavy atom. The molecule has 0 aliphatic rings. The molecule has 1 aromatic heterocycles. The van der Waals surface area contributed by atoms with Crippen LogP contribution in [0, 0.1) is 0 Å². The third-order valence-electron chi connectivity index (χ3n) is 2.05. The molecule has 0 spiro atoms. The fourth-order valence-corrected chi connectivity index (χ4v) is 1.41. The molecule has 14 heavy (non-hydrogen) atoms. The molecule has 0 unspecified atom stereocenters. The van der Waals surface area contributed by atoms with Crippen molar-refractivity contribution in [2.24, 2.45) is 7.05 Å². The van der Waals surface area contributed by atoms with Crippen LogP contribution in [0.2, 0.25) is 0 Å². The highest BCUT2D eigenvalue weighted by molar-refractivity contribution is 5.91. The first-order valence-corrected chi connectivity index (χ1v) is 4.35. The second kappa shape index (κ2) is 3.14. The maximum Gasteiger partial charge on any atom is 0.221 e. The lowest BCUT2D eigenvalue weighted by molar-refractivity contribution is -0.114. The van der Waals surface area contributed by atoms with Gasteiger partial charge in [-0.25, -0.2) is 4.98 Å². The zero-order valence-electron chi connectivity index (χ0n) is 8.11. The lowest BCUT2D eigenvalue weighted by Gasteiger charge is -2.01. The number of hydrogen-bond donors (Lipinski definition) is 1. The number of carbonyl (C=O) groups excluding carboxylic acids is 1. The lowest BCUT2D eigenvalue weighted by Crippen LogP contribution is -2.05. The van der Waals surface area contributed by atoms with Crippen molar-refractivity contribution in [2.45, 2.75) is 6.92 Å². The number of carbonyl (C=O) groups is 1. The number of imidazole rings is 1. The minimum Gasteiger partial charge on any atom is -0.334 e. The van der Waals surface area contributed by atoms with Gasteiger partial charge >= 0.3 is 0 Å². The van der Waals surface area contributed by atoms with Gasteiger partial charge in [0.2, 0.25) is 5.91 Å². The van der Waals surface area contributed by atoms with Crippen LogP contribution in [-0.2, 0) is 11.8 Å². The van der Waals surface area contributed by atoms with Crippen LogP contribution >= 0.6 is 0 Å². The van der Waals surface area contributed by atoms with Crippen LogP contribution in [0.5, 0.6) is 0 Å². The smallest absolute Gasteiger partial charge is 0.221 e. The third-order valence-corrected chi connectivity index (χ3v) is 2.05. The fraction of sp³-hybridized carbons (Fsp3) is 0.200. The molecule has 2 aromatic rings. The van der Waals surface area contributed by atoms with Crippen LogP contribution < -0.4 is 5.32 Å². The van der Waals surface area contributed by atoms with Crippen LogP contribution in [0.25, 0.3) is 11.0 Å². The molecule has 4 nitrogen and oxygen atoms in total. The van der Waals surface area contributed by atoms with Crippen molar-refractivity contribution in [3.05, 3.63) is 24.5 Å². The fourth-order valence-electron chi connectivity index (χ4n) is 1.41. The van der Waals surface area contributed by atoms with Crippen LogP contribution in [0.4, 0.5) is 5.69 Å². The molecule has 0 saturated heterocycles. The first kappa shape index (κ1) is 8.74. The van der Waals surface area contributed by atoms with Gasteiger partial charge in [0.15, 0.2) is 0 Å². The summed E-state index contributed by atoms with van der Waals surface area (Å²) in [5.74, 6) is -0.0634. The first-order valence-electron chi connectivity index (χ1n) is 4.35. The second-order valence-corrected chi connectivity index (χ2v) is 3.24. The minimum atomic E-state index is -0.0634. The van der Waals surface area contributed by atoms with E-state index in [1.165, 1.54) is 6.92 Å². The molecule has 0 fully saturated rings. The average Bonchev–Trinajstić information content (AvgIpc) is 2.47. The van der Waals surface area contributed by atoms with E-state index in [2.05, 4.69) is 10.3 Å². The molecule has 0 aliphatic heterocycles. The van der Waals surface area contributed by atoms with E-state index < -0.39 is 0 Å². The molecule has 1 heterocycles. The predicted molar refractivity (Wildman–Crippen MR) is 55.0 cm³/mol. The van der Waals surface area contributed by atoms with Crippen molar-refractivity contribution in [2.75, 3.05) is 5.32 Å². The molecule has 1 amide bonds. The van der Waals surface area contributed by atoms with E-state index in [9.17, 15) is 4.79 Å². The summed E-state index contributed by atoms with van der Waals surface area (Å²) in [4.78, 5) is 15.0. The van der Waals surface area contributed by atoms with Gasteiger partial charge in [-0.3, -0.25) is 4.79 Å². The molecule has 1 N–H and O–H groups in total. The topological polar surface area (TPSA) is 46.9 Å². The summed E-state index contributed by atoms with van der Waals surface area (Å²) in [5, 5.41) is 2.73. The SMILES string of the molecule is CC(=O)Nc1ccc2ncn(C)c2c1. The Balaban J connectivity index is 2.49. The molecule has 0 atom stereocenters. The maximum absolute atomic E-state index is 10.8. The highest BCUT2D eigenvalue weighted by atomic mass is 16.1. The van der Waals surface area contributed by atoms with Crippen molar-refractivity contribution in [3.8, 4) is 0 Å². The maximum atomic E-state index is 10.8. The number of nitrogens with one attached hydrogen (secondary N) is 1.